The number of piperidine rings is 1. The minimum Gasteiger partial charge on any atom is -0.443 e. The number of carbonyl (C=O) groups is 5. The molecule has 4 aliphatic rings. The van der Waals surface area contributed by atoms with Crippen molar-refractivity contribution < 1.29 is 33.4 Å². The van der Waals surface area contributed by atoms with E-state index < -0.39 is 25.8 Å². The summed E-state index contributed by atoms with van der Waals surface area (Å²) in [5, 5.41) is 3.68. The van der Waals surface area contributed by atoms with Crippen LogP contribution in [0.1, 0.15) is 103 Å². The molecule has 0 saturated carbocycles. The second-order valence-electron chi connectivity index (χ2n) is 19.9. The molecule has 3 fully saturated rings. The summed E-state index contributed by atoms with van der Waals surface area (Å²) < 4.78 is 13.2. The van der Waals surface area contributed by atoms with Crippen LogP contribution in [0.2, 0.25) is 25.7 Å². The maximum Gasteiger partial charge on any atom is 0.419 e. The minimum absolute atomic E-state index is 0.0617. The molecule has 1 unspecified atom stereocenters. The second-order valence-corrected chi connectivity index (χ2v) is 25.6. The molecule has 4 aliphatic heterocycles. The van der Waals surface area contributed by atoms with Gasteiger partial charge < -0.3 is 24.6 Å². The van der Waals surface area contributed by atoms with Gasteiger partial charge in [-0.3, -0.25) is 29.0 Å². The number of nitrogens with zero attached hydrogens (tertiary/aromatic N) is 7. The first-order valence-electron chi connectivity index (χ1n) is 22.7. The molecule has 8 rings (SSSR count). The van der Waals surface area contributed by atoms with Gasteiger partial charge in [0.2, 0.25) is 5.91 Å². The molecule has 0 bridgehead atoms. The summed E-state index contributed by atoms with van der Waals surface area (Å²) in [5.41, 5.74) is 3.27. The van der Waals surface area contributed by atoms with Gasteiger partial charge in [0, 0.05) is 87.8 Å². The van der Waals surface area contributed by atoms with Crippen molar-refractivity contribution in [3.05, 3.63) is 82.8 Å². The third-order valence-corrected chi connectivity index (χ3v) is 14.4. The molecule has 4 aromatic rings. The fourth-order valence-corrected chi connectivity index (χ4v) is 9.89. The van der Waals surface area contributed by atoms with Crippen LogP contribution in [0.4, 0.5) is 16.4 Å². The maximum absolute atomic E-state index is 13.6. The van der Waals surface area contributed by atoms with Gasteiger partial charge in [0.25, 0.3) is 17.7 Å². The van der Waals surface area contributed by atoms with Gasteiger partial charge in [0.15, 0.2) is 0 Å². The van der Waals surface area contributed by atoms with Gasteiger partial charge in [-0.15, -0.1) is 0 Å². The Kier molecular flexibility index (Phi) is 13.0. The zero-order chi connectivity index (χ0) is 46.2. The summed E-state index contributed by atoms with van der Waals surface area (Å²) in [4.78, 5) is 83.3. The molecule has 0 radical (unpaired) electrons. The van der Waals surface area contributed by atoms with Crippen molar-refractivity contribution in [3.8, 4) is 11.8 Å². The largest absolute Gasteiger partial charge is 0.443 e. The Morgan fingerprint density at radius 3 is 2.51 bits per heavy atom. The number of anilines is 2. The van der Waals surface area contributed by atoms with Crippen molar-refractivity contribution in [3.63, 3.8) is 0 Å². The minimum atomic E-state index is -1.33. The third kappa shape index (κ3) is 10.2. The lowest BCUT2D eigenvalue weighted by atomic mass is 10.0. The normalized spacial score (nSPS) is 20.4. The van der Waals surface area contributed by atoms with Gasteiger partial charge in [-0.25, -0.2) is 19.3 Å². The van der Waals surface area contributed by atoms with E-state index in [4.69, 9.17) is 9.47 Å². The Bertz CT molecular complexity index is 2570. The van der Waals surface area contributed by atoms with Crippen molar-refractivity contribution in [1.82, 2.24) is 29.2 Å². The van der Waals surface area contributed by atoms with Crippen LogP contribution in [0, 0.1) is 17.8 Å². The smallest absolute Gasteiger partial charge is 0.419 e. The number of fused-ring (bicyclic) bond motifs is 2. The van der Waals surface area contributed by atoms with E-state index in [0.29, 0.717) is 41.4 Å². The number of hydrogen-bond donors (Lipinski definition) is 1. The molecule has 1 aromatic carbocycles. The molecular formula is C49H60N8O7Si. The zero-order valence-corrected chi connectivity index (χ0v) is 39.6. The van der Waals surface area contributed by atoms with E-state index in [-0.39, 0.29) is 55.8 Å². The molecule has 16 heteroatoms. The van der Waals surface area contributed by atoms with Crippen LogP contribution < -0.4 is 10.2 Å². The van der Waals surface area contributed by atoms with Gasteiger partial charge in [-0.05, 0) is 108 Å². The average molecular weight is 901 g/mol. The van der Waals surface area contributed by atoms with E-state index in [1.165, 1.54) is 4.90 Å². The summed E-state index contributed by atoms with van der Waals surface area (Å²) in [6.45, 7) is 15.4. The molecule has 65 heavy (non-hydrogen) atoms. The summed E-state index contributed by atoms with van der Waals surface area (Å²) in [5.74, 6) is 6.82. The van der Waals surface area contributed by atoms with E-state index in [1.54, 1.807) is 40.1 Å². The van der Waals surface area contributed by atoms with E-state index in [0.717, 1.165) is 73.0 Å². The quantitative estimate of drug-likeness (QED) is 0.0698. The highest BCUT2D eigenvalue weighted by molar-refractivity contribution is 6.76. The van der Waals surface area contributed by atoms with Crippen LogP contribution in [-0.4, -0.2) is 119 Å². The highest BCUT2D eigenvalue weighted by Gasteiger charge is 2.43. The van der Waals surface area contributed by atoms with Crippen LogP contribution in [0.3, 0.4) is 0 Å². The number of amides is 4. The molecular weight excluding hydrogens is 841 g/mol. The van der Waals surface area contributed by atoms with Gasteiger partial charge in [0.1, 0.15) is 30.0 Å². The lowest BCUT2D eigenvalue weighted by molar-refractivity contribution is -0.158. The Morgan fingerprint density at radius 2 is 1.78 bits per heavy atom. The standard InChI is InChI=1S/C49H60N8O7Si/c1-49(2,3)64-48(62)57-40-26-42(50-28-35(40)25-41(57)38-15-10-21-53(38)4)52-45(59)34-16-18-43(51-27-34)54-22-20-32(29-54)11-8-12-33-13-9-14-36-37(33)30-55(46(36)60)39-17-19-44(58)56(47(39)61)31-63-23-24-65(5,6)7/h9,13-14,16,18,25-28,32,38-39H,10-11,15,17,19-24,29-31H2,1-7H3,(H,50,52,59)/t32-,38+,39?/m0/s1. The molecule has 0 spiro atoms. The number of imide groups is 1. The molecule has 15 nitrogen and oxygen atoms in total. The van der Waals surface area contributed by atoms with Gasteiger partial charge in [-0.2, -0.15) is 0 Å². The molecule has 0 aliphatic carbocycles. The Balaban J connectivity index is 0.869. The van der Waals surface area contributed by atoms with Crippen molar-refractivity contribution in [2.45, 2.75) is 109 Å². The predicted octanol–water partition coefficient (Wildman–Crippen LogP) is 7.29. The van der Waals surface area contributed by atoms with E-state index >= 15 is 0 Å². The first kappa shape index (κ1) is 45.7. The van der Waals surface area contributed by atoms with Crippen LogP contribution in [0.25, 0.3) is 10.9 Å². The highest BCUT2D eigenvalue weighted by Crippen LogP contribution is 2.36. The molecule has 1 N–H and O–H groups in total. The molecule has 3 atom stereocenters. The maximum atomic E-state index is 13.6. The first-order valence-corrected chi connectivity index (χ1v) is 26.5. The lowest BCUT2D eigenvalue weighted by Crippen LogP contribution is -2.55. The number of rotatable bonds is 11. The monoisotopic (exact) mass is 900 g/mol. The van der Waals surface area contributed by atoms with Crippen molar-refractivity contribution in [1.29, 1.82) is 0 Å². The van der Waals surface area contributed by atoms with Crippen molar-refractivity contribution in [2.24, 2.45) is 5.92 Å². The van der Waals surface area contributed by atoms with E-state index in [9.17, 15) is 24.0 Å². The molecule has 4 amide bonds. The number of aromatic nitrogens is 3. The highest BCUT2D eigenvalue weighted by atomic mass is 28.3. The van der Waals surface area contributed by atoms with Gasteiger partial charge in [-0.1, -0.05) is 37.5 Å². The zero-order valence-electron chi connectivity index (χ0n) is 38.6. The number of benzene rings is 1. The van der Waals surface area contributed by atoms with Crippen LogP contribution in [0.15, 0.2) is 54.9 Å². The number of ether oxygens (including phenoxy) is 2. The fraction of sp³-hybridized carbons (Fsp3) is 0.490. The Hall–Kier alpha value is -5.89. The molecule has 7 heterocycles. The molecule has 342 valence electrons. The summed E-state index contributed by atoms with van der Waals surface area (Å²) >= 11 is 0. The van der Waals surface area contributed by atoms with Gasteiger partial charge >= 0.3 is 6.09 Å². The first-order chi connectivity index (χ1) is 30.9. The number of nitrogens with one attached hydrogen (secondary N) is 1. The Morgan fingerprint density at radius 1 is 0.969 bits per heavy atom. The summed E-state index contributed by atoms with van der Waals surface area (Å²) in [6.07, 6.45) is 6.77. The molecule has 3 aromatic heterocycles. The average Bonchev–Trinajstić information content (AvgIpc) is 4.05. The number of hydrogen-bond acceptors (Lipinski definition) is 11. The topological polar surface area (TPSA) is 160 Å². The second kappa shape index (κ2) is 18.5. The summed E-state index contributed by atoms with van der Waals surface area (Å²) in [7, 11) is 0.725. The molecule has 3 saturated heterocycles. The number of carbonyl (C=O) groups excluding carboxylic acids is 5. The number of pyridine rings is 2. The third-order valence-electron chi connectivity index (χ3n) is 12.7. The van der Waals surface area contributed by atoms with Crippen LogP contribution in [0.5, 0.6) is 0 Å². The fourth-order valence-electron chi connectivity index (χ4n) is 9.13. The number of likely N-dealkylation sites (tertiary alicyclic amines) is 2. The van der Waals surface area contributed by atoms with Crippen molar-refractivity contribution in [2.75, 3.05) is 50.2 Å². The van der Waals surface area contributed by atoms with E-state index in [2.05, 4.69) is 63.6 Å². The van der Waals surface area contributed by atoms with Crippen LogP contribution >= 0.6 is 0 Å². The van der Waals surface area contributed by atoms with Crippen LogP contribution in [-0.2, 0) is 25.6 Å². The Labute approximate surface area is 381 Å². The predicted molar refractivity (Wildman–Crippen MR) is 250 cm³/mol. The van der Waals surface area contributed by atoms with Crippen molar-refractivity contribution >= 4 is 60.3 Å². The van der Waals surface area contributed by atoms with Gasteiger partial charge in [0.05, 0.1) is 17.1 Å². The lowest BCUT2D eigenvalue weighted by Gasteiger charge is -2.35. The summed E-state index contributed by atoms with van der Waals surface area (Å²) in [6, 6.07) is 13.1. The SMILES string of the molecule is CN1CCC[C@@H]1c1cc2cnc(NC(=O)c3ccc(N4CC[C@H](CC#Cc5cccc6c5CN(C5CCC(=O)N(COCC[Si](C)(C)C)C5=O)C6=O)C4)nc3)cc2n1C(=O)OC(C)(C)C. The van der Waals surface area contributed by atoms with E-state index in [1.807, 2.05) is 45.0 Å².